The topological polar surface area (TPSA) is 66.6 Å². The Morgan fingerprint density at radius 3 is 3.00 bits per heavy atom. The van der Waals surface area contributed by atoms with Crippen LogP contribution in [0.1, 0.15) is 37.9 Å². The second-order valence-electron chi connectivity index (χ2n) is 7.12. The molecule has 4 rings (SSSR count). The number of aromatic nitrogens is 3. The number of aliphatic imine (C=N–C) groups is 1. The van der Waals surface area contributed by atoms with Crippen LogP contribution in [0.5, 0.6) is 0 Å². The van der Waals surface area contributed by atoms with Crippen molar-refractivity contribution in [1.82, 2.24) is 25.2 Å². The molecule has 2 heterocycles. The van der Waals surface area contributed by atoms with E-state index in [-0.39, 0.29) is 0 Å². The Bertz CT molecular complexity index is 721. The number of guanidine groups is 1. The Kier molecular flexibility index (Phi) is 4.36. The van der Waals surface area contributed by atoms with Crippen molar-refractivity contribution < 1.29 is 0 Å². The molecule has 2 fully saturated rings. The van der Waals surface area contributed by atoms with Gasteiger partial charge in [0, 0.05) is 19.8 Å². The van der Waals surface area contributed by atoms with Crippen molar-refractivity contribution in [1.29, 1.82) is 0 Å². The zero-order valence-electron chi connectivity index (χ0n) is 14.3. The van der Waals surface area contributed by atoms with Gasteiger partial charge in [-0.1, -0.05) is 12.5 Å². The minimum absolute atomic E-state index is 0.610. The van der Waals surface area contributed by atoms with Crippen LogP contribution in [-0.2, 0) is 6.54 Å². The van der Waals surface area contributed by atoms with Gasteiger partial charge in [0.15, 0.2) is 17.4 Å². The van der Waals surface area contributed by atoms with E-state index in [4.69, 9.17) is 0 Å². The quantitative estimate of drug-likeness (QED) is 0.653. The predicted octanol–water partition coefficient (Wildman–Crippen LogP) is 2.22. The highest BCUT2D eigenvalue weighted by Crippen LogP contribution is 2.49. The van der Waals surface area contributed by atoms with Crippen LogP contribution in [0, 0.1) is 17.8 Å². The molecule has 2 aliphatic carbocycles. The van der Waals surface area contributed by atoms with Crippen molar-refractivity contribution >= 4 is 11.6 Å². The molecule has 0 radical (unpaired) electrons. The van der Waals surface area contributed by atoms with E-state index in [2.05, 4.69) is 25.8 Å². The Morgan fingerprint density at radius 2 is 2.21 bits per heavy atom. The van der Waals surface area contributed by atoms with E-state index in [1.807, 2.05) is 35.8 Å². The van der Waals surface area contributed by atoms with Gasteiger partial charge in [0.25, 0.3) is 0 Å². The maximum Gasteiger partial charge on any atom is 0.191 e. The lowest BCUT2D eigenvalue weighted by Crippen LogP contribution is -2.38. The average molecular weight is 326 g/mol. The Balaban J connectivity index is 1.26. The van der Waals surface area contributed by atoms with Gasteiger partial charge in [0.2, 0.25) is 0 Å². The Hall–Kier alpha value is -2.11. The summed E-state index contributed by atoms with van der Waals surface area (Å²) < 4.78 is 2.00. The largest absolute Gasteiger partial charge is 0.356 e. The maximum absolute atomic E-state index is 4.32. The molecule has 2 aromatic rings. The molecule has 0 spiro atoms. The van der Waals surface area contributed by atoms with E-state index >= 15 is 0 Å². The summed E-state index contributed by atoms with van der Waals surface area (Å²) >= 11 is 0. The molecular formula is C18H26N6. The molecule has 2 bridgehead atoms. The monoisotopic (exact) mass is 326 g/mol. The number of nitrogens with one attached hydrogen (secondary N) is 2. The number of hydrogen-bond acceptors (Lipinski definition) is 3. The number of fused-ring (bicyclic) bond motifs is 3. The summed E-state index contributed by atoms with van der Waals surface area (Å²) in [6.07, 6.45) is 9.11. The third-order valence-corrected chi connectivity index (χ3v) is 5.71. The van der Waals surface area contributed by atoms with Gasteiger partial charge < -0.3 is 10.6 Å². The molecule has 2 aromatic heterocycles. The molecule has 2 aliphatic rings. The van der Waals surface area contributed by atoms with Gasteiger partial charge >= 0.3 is 0 Å². The van der Waals surface area contributed by atoms with E-state index in [0.717, 1.165) is 41.7 Å². The van der Waals surface area contributed by atoms with Crippen molar-refractivity contribution in [3.05, 3.63) is 30.2 Å². The lowest BCUT2D eigenvalue weighted by Gasteiger charge is -2.22. The molecule has 0 aliphatic heterocycles. The third-order valence-electron chi connectivity index (χ3n) is 5.71. The molecule has 6 nitrogen and oxygen atoms in total. The lowest BCUT2D eigenvalue weighted by molar-refractivity contribution is 0.315. The molecule has 0 amide bonds. The van der Waals surface area contributed by atoms with Gasteiger partial charge in [-0.15, -0.1) is 10.2 Å². The first-order valence-corrected chi connectivity index (χ1v) is 9.06. The third kappa shape index (κ3) is 3.09. The first-order chi connectivity index (χ1) is 11.8. The van der Waals surface area contributed by atoms with Crippen LogP contribution in [0.2, 0.25) is 0 Å². The number of nitrogens with zero attached hydrogens (tertiary/aromatic N) is 4. The summed E-state index contributed by atoms with van der Waals surface area (Å²) in [7, 11) is 1.81. The molecule has 3 atom stereocenters. The molecular weight excluding hydrogens is 300 g/mol. The fraction of sp³-hybridized carbons (Fsp3) is 0.611. The van der Waals surface area contributed by atoms with Crippen LogP contribution in [0.15, 0.2) is 29.4 Å². The van der Waals surface area contributed by atoms with E-state index in [1.165, 1.54) is 32.1 Å². The molecule has 24 heavy (non-hydrogen) atoms. The lowest BCUT2D eigenvalue weighted by atomic mass is 9.86. The minimum Gasteiger partial charge on any atom is -0.356 e. The van der Waals surface area contributed by atoms with Gasteiger partial charge in [0.05, 0.1) is 6.54 Å². The highest BCUT2D eigenvalue weighted by Gasteiger charge is 2.38. The predicted molar refractivity (Wildman–Crippen MR) is 94.7 cm³/mol. The normalized spacial score (nSPS) is 26.2. The molecule has 0 aromatic carbocycles. The van der Waals surface area contributed by atoms with Crippen molar-refractivity contribution in [3.63, 3.8) is 0 Å². The van der Waals surface area contributed by atoms with Crippen molar-refractivity contribution in [2.24, 2.45) is 22.7 Å². The van der Waals surface area contributed by atoms with Crippen LogP contribution in [0.25, 0.3) is 5.65 Å². The molecule has 3 unspecified atom stereocenters. The molecule has 2 N–H and O–H groups in total. The molecule has 6 heteroatoms. The van der Waals surface area contributed by atoms with Gasteiger partial charge in [0.1, 0.15) is 0 Å². The summed E-state index contributed by atoms with van der Waals surface area (Å²) in [5, 5.41) is 15.2. The SMILES string of the molecule is CN=C(NCCC1CC2CCC1C2)NCc1nnc2ccccn12. The number of rotatable bonds is 5. The second-order valence-corrected chi connectivity index (χ2v) is 7.12. The minimum atomic E-state index is 0.610. The summed E-state index contributed by atoms with van der Waals surface area (Å²) in [5.41, 5.74) is 0.869. The van der Waals surface area contributed by atoms with E-state index < -0.39 is 0 Å². The summed E-state index contributed by atoms with van der Waals surface area (Å²) in [5.74, 6) is 4.68. The zero-order valence-corrected chi connectivity index (χ0v) is 14.3. The summed E-state index contributed by atoms with van der Waals surface area (Å²) in [4.78, 5) is 4.32. The van der Waals surface area contributed by atoms with Crippen molar-refractivity contribution in [2.75, 3.05) is 13.6 Å². The Morgan fingerprint density at radius 1 is 1.25 bits per heavy atom. The van der Waals surface area contributed by atoms with Crippen molar-refractivity contribution in [2.45, 2.75) is 38.6 Å². The van der Waals surface area contributed by atoms with Crippen molar-refractivity contribution in [3.8, 4) is 0 Å². The fourth-order valence-corrected chi connectivity index (χ4v) is 4.50. The molecule has 0 saturated heterocycles. The van der Waals surface area contributed by atoms with E-state index in [0.29, 0.717) is 6.54 Å². The first kappa shape index (κ1) is 15.4. The summed E-state index contributed by atoms with van der Waals surface area (Å²) in [6, 6.07) is 5.92. The highest BCUT2D eigenvalue weighted by atomic mass is 15.3. The van der Waals surface area contributed by atoms with Gasteiger partial charge in [-0.2, -0.15) is 0 Å². The smallest absolute Gasteiger partial charge is 0.191 e. The number of pyridine rings is 1. The highest BCUT2D eigenvalue weighted by molar-refractivity contribution is 5.79. The second kappa shape index (κ2) is 6.79. The average Bonchev–Trinajstić information content (AvgIpc) is 3.33. The molecule has 128 valence electrons. The van der Waals surface area contributed by atoms with Crippen LogP contribution in [-0.4, -0.2) is 34.2 Å². The van der Waals surface area contributed by atoms with Gasteiger partial charge in [-0.05, 0) is 55.6 Å². The van der Waals surface area contributed by atoms with Crippen LogP contribution in [0.4, 0.5) is 0 Å². The van der Waals surface area contributed by atoms with E-state index in [1.54, 1.807) is 0 Å². The molecule has 2 saturated carbocycles. The van der Waals surface area contributed by atoms with Gasteiger partial charge in [-0.3, -0.25) is 9.39 Å². The Labute approximate surface area is 142 Å². The number of hydrogen-bond donors (Lipinski definition) is 2. The first-order valence-electron chi connectivity index (χ1n) is 9.06. The van der Waals surface area contributed by atoms with Crippen LogP contribution in [0.3, 0.4) is 0 Å². The van der Waals surface area contributed by atoms with E-state index in [9.17, 15) is 0 Å². The maximum atomic E-state index is 4.32. The van der Waals surface area contributed by atoms with Crippen LogP contribution >= 0.6 is 0 Å². The summed E-state index contributed by atoms with van der Waals surface area (Å²) in [6.45, 7) is 1.60. The zero-order chi connectivity index (χ0) is 16.4. The fourth-order valence-electron chi connectivity index (χ4n) is 4.50. The standard InChI is InChI=1S/C18H26N6/c1-19-18(20-8-7-15-11-13-5-6-14(15)10-13)21-12-17-23-22-16-4-2-3-9-24(16)17/h2-4,9,13-15H,5-8,10-12H2,1H3,(H2,19,20,21). The van der Waals surface area contributed by atoms with Crippen LogP contribution < -0.4 is 10.6 Å². The van der Waals surface area contributed by atoms with Gasteiger partial charge in [-0.25, -0.2) is 0 Å².